The minimum Gasteiger partial charge on any atom is -0.455 e. The predicted octanol–water partition coefficient (Wildman–Crippen LogP) is 3.29. The average Bonchev–Trinajstić information content (AvgIpc) is 2.63. The van der Waals surface area contributed by atoms with Gasteiger partial charge in [-0.25, -0.2) is 4.98 Å². The van der Waals surface area contributed by atoms with Crippen molar-refractivity contribution in [3.8, 4) is 11.5 Å². The van der Waals surface area contributed by atoms with Gasteiger partial charge in [0.15, 0.2) is 10.9 Å². The normalized spacial score (nSPS) is 10.2. The molecule has 1 aromatic heterocycles. The minimum absolute atomic E-state index is 0.118. The largest absolute Gasteiger partial charge is 0.455 e. The van der Waals surface area contributed by atoms with Crippen molar-refractivity contribution in [3.63, 3.8) is 0 Å². The molecule has 0 aliphatic carbocycles. The monoisotopic (exact) mass is 353 g/mol. The van der Waals surface area contributed by atoms with Gasteiger partial charge in [0.25, 0.3) is 5.56 Å². The molecule has 0 unspecified atom stereocenters. The molecule has 0 atom stereocenters. The molecule has 0 aliphatic heterocycles. The summed E-state index contributed by atoms with van der Waals surface area (Å²) >= 11 is 1.15. The number of aromatic nitrogens is 2. The van der Waals surface area contributed by atoms with Gasteiger partial charge in [-0.3, -0.25) is 9.59 Å². The van der Waals surface area contributed by atoms with Gasteiger partial charge in [0.1, 0.15) is 5.75 Å². The van der Waals surface area contributed by atoms with Crippen LogP contribution in [0.5, 0.6) is 11.5 Å². The Hall–Kier alpha value is -3.06. The van der Waals surface area contributed by atoms with Gasteiger partial charge < -0.3 is 15.0 Å². The van der Waals surface area contributed by atoms with Crippen molar-refractivity contribution in [3.05, 3.63) is 77.2 Å². The number of amides is 1. The molecule has 3 rings (SSSR count). The van der Waals surface area contributed by atoms with Crippen molar-refractivity contribution in [1.82, 2.24) is 9.97 Å². The number of nitrogens with one attached hydrogen (secondary N) is 2. The molecule has 0 spiro atoms. The van der Waals surface area contributed by atoms with Crippen LogP contribution < -0.4 is 15.6 Å². The summed E-state index contributed by atoms with van der Waals surface area (Å²) < 4.78 is 5.81. The molecule has 1 amide bonds. The smallest absolute Gasteiger partial charge is 0.251 e. The number of hydrogen-bond donors (Lipinski definition) is 2. The lowest BCUT2D eigenvalue weighted by Gasteiger charge is -2.12. The zero-order valence-electron chi connectivity index (χ0n) is 13.1. The van der Waals surface area contributed by atoms with E-state index in [1.54, 1.807) is 12.1 Å². The van der Waals surface area contributed by atoms with Crippen molar-refractivity contribution in [1.29, 1.82) is 0 Å². The molecule has 6 nitrogen and oxygen atoms in total. The van der Waals surface area contributed by atoms with Gasteiger partial charge in [-0.05, 0) is 24.3 Å². The predicted molar refractivity (Wildman–Crippen MR) is 97.2 cm³/mol. The molecule has 0 saturated carbocycles. The van der Waals surface area contributed by atoms with E-state index in [1.807, 2.05) is 42.5 Å². The Kier molecular flexibility index (Phi) is 5.48. The third-order valence-electron chi connectivity index (χ3n) is 3.12. The topological polar surface area (TPSA) is 84.1 Å². The number of para-hydroxylation sites is 3. The Bertz CT molecular complexity index is 912. The van der Waals surface area contributed by atoms with E-state index in [0.29, 0.717) is 22.3 Å². The van der Waals surface area contributed by atoms with Gasteiger partial charge in [0, 0.05) is 12.3 Å². The second-order valence-electron chi connectivity index (χ2n) is 4.99. The maximum atomic E-state index is 12.2. The molecule has 0 aliphatic rings. The number of anilines is 1. The van der Waals surface area contributed by atoms with E-state index in [0.717, 1.165) is 11.8 Å². The van der Waals surface area contributed by atoms with E-state index >= 15 is 0 Å². The zero-order chi connectivity index (χ0) is 17.5. The fourth-order valence-electron chi connectivity index (χ4n) is 2.02. The average molecular weight is 353 g/mol. The van der Waals surface area contributed by atoms with E-state index in [1.165, 1.54) is 12.3 Å². The number of hydrogen-bond acceptors (Lipinski definition) is 5. The molecule has 126 valence electrons. The lowest BCUT2D eigenvalue weighted by atomic mass is 10.3. The summed E-state index contributed by atoms with van der Waals surface area (Å²) in [6.45, 7) is 0. The Morgan fingerprint density at radius 3 is 2.64 bits per heavy atom. The molecular formula is C18H15N3O3S. The number of ether oxygens (including phenoxy) is 1. The molecule has 2 aromatic carbocycles. The molecule has 7 heteroatoms. The summed E-state index contributed by atoms with van der Waals surface area (Å²) in [5.41, 5.74) is 0.325. The zero-order valence-corrected chi connectivity index (χ0v) is 14.0. The number of carbonyl (C=O) groups excluding carboxylic acids is 1. The van der Waals surface area contributed by atoms with Crippen LogP contribution in [0.3, 0.4) is 0 Å². The summed E-state index contributed by atoms with van der Waals surface area (Å²) in [6, 6.07) is 17.9. The summed E-state index contributed by atoms with van der Waals surface area (Å²) in [5, 5.41) is 3.21. The number of carbonyl (C=O) groups is 1. The molecule has 1 heterocycles. The third kappa shape index (κ3) is 4.95. The maximum Gasteiger partial charge on any atom is 0.251 e. The number of thioether (sulfide) groups is 1. The highest BCUT2D eigenvalue weighted by Crippen LogP contribution is 2.29. The van der Waals surface area contributed by atoms with Crippen molar-refractivity contribution in [2.75, 3.05) is 11.1 Å². The molecule has 25 heavy (non-hydrogen) atoms. The number of rotatable bonds is 6. The van der Waals surface area contributed by atoms with Gasteiger partial charge in [-0.1, -0.05) is 42.1 Å². The van der Waals surface area contributed by atoms with Crippen LogP contribution in [0, 0.1) is 0 Å². The van der Waals surface area contributed by atoms with Gasteiger partial charge in [0.2, 0.25) is 5.91 Å². The maximum absolute atomic E-state index is 12.2. The number of H-pyrrole nitrogens is 1. The van der Waals surface area contributed by atoms with Crippen LogP contribution in [-0.2, 0) is 4.79 Å². The van der Waals surface area contributed by atoms with Gasteiger partial charge in [-0.15, -0.1) is 0 Å². The van der Waals surface area contributed by atoms with Crippen molar-refractivity contribution < 1.29 is 9.53 Å². The summed E-state index contributed by atoms with van der Waals surface area (Å²) in [6.07, 6.45) is 1.40. The van der Waals surface area contributed by atoms with E-state index < -0.39 is 0 Å². The van der Waals surface area contributed by atoms with Crippen LogP contribution in [0.25, 0.3) is 0 Å². The number of benzene rings is 2. The molecule has 0 fully saturated rings. The van der Waals surface area contributed by atoms with E-state index in [2.05, 4.69) is 15.3 Å². The highest BCUT2D eigenvalue weighted by molar-refractivity contribution is 7.99. The summed E-state index contributed by atoms with van der Waals surface area (Å²) in [4.78, 5) is 29.9. The van der Waals surface area contributed by atoms with Crippen LogP contribution >= 0.6 is 11.8 Å². The Morgan fingerprint density at radius 1 is 1.08 bits per heavy atom. The second kappa shape index (κ2) is 8.16. The van der Waals surface area contributed by atoms with Crippen LogP contribution in [0.15, 0.2) is 76.8 Å². The van der Waals surface area contributed by atoms with Gasteiger partial charge in [0.05, 0.1) is 11.4 Å². The Morgan fingerprint density at radius 2 is 1.84 bits per heavy atom. The molecule has 3 aromatic rings. The van der Waals surface area contributed by atoms with E-state index in [-0.39, 0.29) is 17.2 Å². The lowest BCUT2D eigenvalue weighted by Crippen LogP contribution is -2.15. The summed E-state index contributed by atoms with van der Waals surface area (Å²) in [5.74, 6) is 1.13. The van der Waals surface area contributed by atoms with E-state index in [4.69, 9.17) is 4.74 Å². The quantitative estimate of drug-likeness (QED) is 0.525. The van der Waals surface area contributed by atoms with Crippen LogP contribution in [0.2, 0.25) is 0 Å². The van der Waals surface area contributed by atoms with Crippen LogP contribution in [0.4, 0.5) is 5.69 Å². The van der Waals surface area contributed by atoms with Crippen LogP contribution in [0.1, 0.15) is 0 Å². The number of nitrogens with zero attached hydrogens (tertiary/aromatic N) is 1. The van der Waals surface area contributed by atoms with E-state index in [9.17, 15) is 9.59 Å². The fraction of sp³-hybridized carbons (Fsp3) is 0.0556. The first-order valence-electron chi connectivity index (χ1n) is 7.50. The molecule has 0 radical (unpaired) electrons. The first-order chi connectivity index (χ1) is 12.2. The standard InChI is InChI=1S/C18H15N3O3S/c22-16-10-11-19-18(21-16)25-12-17(23)20-14-8-4-5-9-15(14)24-13-6-2-1-3-7-13/h1-11H,12H2,(H,20,23)(H,19,21,22). The molecule has 0 saturated heterocycles. The molecule has 0 bridgehead atoms. The van der Waals surface area contributed by atoms with Gasteiger partial charge >= 0.3 is 0 Å². The highest BCUT2D eigenvalue weighted by Gasteiger charge is 2.09. The Labute approximate surface area is 148 Å². The number of aromatic amines is 1. The minimum atomic E-state index is -0.250. The second-order valence-corrected chi connectivity index (χ2v) is 5.95. The lowest BCUT2D eigenvalue weighted by molar-refractivity contribution is -0.113. The van der Waals surface area contributed by atoms with Gasteiger partial charge in [-0.2, -0.15) is 0 Å². The SMILES string of the molecule is O=C(CSc1nccc(=O)[nH]1)Nc1ccccc1Oc1ccccc1. The van der Waals surface area contributed by atoms with Crippen LogP contribution in [-0.4, -0.2) is 21.6 Å². The van der Waals surface area contributed by atoms with Crippen molar-refractivity contribution in [2.45, 2.75) is 5.16 Å². The van der Waals surface area contributed by atoms with Crippen molar-refractivity contribution >= 4 is 23.4 Å². The molecule has 2 N–H and O–H groups in total. The highest BCUT2D eigenvalue weighted by atomic mass is 32.2. The first-order valence-corrected chi connectivity index (χ1v) is 8.49. The van der Waals surface area contributed by atoms with Crippen molar-refractivity contribution in [2.24, 2.45) is 0 Å². The molecular weight excluding hydrogens is 338 g/mol. The third-order valence-corrected chi connectivity index (χ3v) is 4.01. The first kappa shape index (κ1) is 16.8. The summed E-state index contributed by atoms with van der Waals surface area (Å²) in [7, 11) is 0. The Balaban J connectivity index is 1.64. The fourth-order valence-corrected chi connectivity index (χ4v) is 2.67.